The van der Waals surface area contributed by atoms with Gasteiger partial charge < -0.3 is 15.3 Å². The van der Waals surface area contributed by atoms with Crippen LogP contribution in [0.4, 0.5) is 4.79 Å². The van der Waals surface area contributed by atoms with Crippen LogP contribution in [-0.4, -0.2) is 41.6 Å². The highest BCUT2D eigenvalue weighted by Gasteiger charge is 2.26. The van der Waals surface area contributed by atoms with Crippen molar-refractivity contribution >= 4 is 12.0 Å². The first-order chi connectivity index (χ1) is 8.40. The molecule has 2 N–H and O–H groups in total. The van der Waals surface area contributed by atoms with Gasteiger partial charge in [0, 0.05) is 13.6 Å². The Bertz CT molecular complexity index is 290. The van der Waals surface area contributed by atoms with Crippen molar-refractivity contribution in [2.45, 2.75) is 39.2 Å². The smallest absolute Gasteiger partial charge is 0.405 e. The lowest BCUT2D eigenvalue weighted by Crippen LogP contribution is -2.50. The molecule has 0 saturated heterocycles. The summed E-state index contributed by atoms with van der Waals surface area (Å²) in [5, 5.41) is 11.0. The Kier molecular flexibility index (Phi) is 7.83. The highest BCUT2D eigenvalue weighted by Crippen LogP contribution is 2.07. The van der Waals surface area contributed by atoms with Crippen LogP contribution in [0.5, 0.6) is 0 Å². The predicted molar refractivity (Wildman–Crippen MR) is 71.5 cm³/mol. The average Bonchev–Trinajstić information content (AvgIpc) is 2.30. The number of nitrogens with one attached hydrogen (secondary N) is 1. The van der Waals surface area contributed by atoms with Gasteiger partial charge in [-0.3, -0.25) is 4.79 Å². The molecule has 5 nitrogen and oxygen atoms in total. The molecule has 0 radical (unpaired) electrons. The number of rotatable bonds is 8. The summed E-state index contributed by atoms with van der Waals surface area (Å²) < 4.78 is 0. The normalized spacial score (nSPS) is 12.0. The lowest BCUT2D eigenvalue weighted by atomic mass is 10.0. The van der Waals surface area contributed by atoms with Crippen LogP contribution in [0.15, 0.2) is 12.7 Å². The molecule has 0 aromatic rings. The molecule has 0 rings (SSSR count). The first-order valence-electron chi connectivity index (χ1n) is 6.25. The van der Waals surface area contributed by atoms with Crippen molar-refractivity contribution in [3.05, 3.63) is 12.7 Å². The third-order valence-corrected chi connectivity index (χ3v) is 2.74. The minimum absolute atomic E-state index is 0.0655. The van der Waals surface area contributed by atoms with E-state index in [0.29, 0.717) is 6.54 Å². The predicted octanol–water partition coefficient (Wildman–Crippen LogP) is 2.09. The van der Waals surface area contributed by atoms with Crippen molar-refractivity contribution in [3.63, 3.8) is 0 Å². The Morgan fingerprint density at radius 3 is 2.44 bits per heavy atom. The van der Waals surface area contributed by atoms with Gasteiger partial charge in [-0.05, 0) is 25.2 Å². The Balaban J connectivity index is 4.29. The largest absolute Gasteiger partial charge is 0.465 e. The van der Waals surface area contributed by atoms with Gasteiger partial charge in [0.05, 0.1) is 0 Å². The summed E-state index contributed by atoms with van der Waals surface area (Å²) in [6, 6.07) is -0.674. The maximum atomic E-state index is 12.1. The minimum Gasteiger partial charge on any atom is -0.465 e. The maximum Gasteiger partial charge on any atom is 0.405 e. The topological polar surface area (TPSA) is 69.6 Å². The molecule has 1 atom stereocenters. The molecule has 0 aliphatic rings. The van der Waals surface area contributed by atoms with Gasteiger partial charge >= 0.3 is 6.09 Å². The number of unbranched alkanes of at least 4 members (excludes halogenated alkanes) is 2. The second-order valence-corrected chi connectivity index (χ2v) is 4.72. The Labute approximate surface area is 109 Å². The number of hydrogen-bond acceptors (Lipinski definition) is 2. The number of nitrogens with zero attached hydrogens (tertiary/aromatic N) is 1. The zero-order valence-electron chi connectivity index (χ0n) is 11.5. The monoisotopic (exact) mass is 256 g/mol. The molecule has 5 heteroatoms. The Hall–Kier alpha value is -1.52. The molecule has 0 saturated carbocycles. The number of carbonyl (C=O) groups is 2. The standard InChI is InChI=1S/C13H24N2O3/c1-5-6-7-8-9-15(4)12(16)11(10(2)3)14-13(17)18/h5,10-11,14H,1,6-9H2,2-4H3,(H,17,18)/t11-/m0/s1. The zero-order valence-corrected chi connectivity index (χ0v) is 11.5. The third-order valence-electron chi connectivity index (χ3n) is 2.74. The van der Waals surface area contributed by atoms with Crippen LogP contribution in [0.2, 0.25) is 0 Å². The molecule has 2 amide bonds. The third kappa shape index (κ3) is 6.27. The highest BCUT2D eigenvalue weighted by molar-refractivity contribution is 5.85. The molecule has 0 bridgehead atoms. The number of carboxylic acid groups (broad SMARTS) is 1. The molecule has 0 fully saturated rings. The van der Waals surface area contributed by atoms with Gasteiger partial charge in [-0.15, -0.1) is 6.58 Å². The fourth-order valence-corrected chi connectivity index (χ4v) is 1.63. The SMILES string of the molecule is C=CCCCCN(C)C(=O)[C@@H](NC(=O)O)C(C)C. The van der Waals surface area contributed by atoms with Crippen molar-refractivity contribution in [1.29, 1.82) is 0 Å². The van der Waals surface area contributed by atoms with Crippen LogP contribution in [0, 0.1) is 5.92 Å². The first kappa shape index (κ1) is 16.5. The Morgan fingerprint density at radius 1 is 1.39 bits per heavy atom. The van der Waals surface area contributed by atoms with E-state index >= 15 is 0 Å². The summed E-state index contributed by atoms with van der Waals surface area (Å²) in [5.41, 5.74) is 0. The maximum absolute atomic E-state index is 12.1. The van der Waals surface area contributed by atoms with E-state index in [4.69, 9.17) is 5.11 Å². The molecule has 0 aromatic heterocycles. The molecular formula is C13H24N2O3. The van der Waals surface area contributed by atoms with Gasteiger partial charge in [0.25, 0.3) is 0 Å². The second kappa shape index (κ2) is 8.55. The molecule has 104 valence electrons. The van der Waals surface area contributed by atoms with Gasteiger partial charge in [0.15, 0.2) is 0 Å². The van der Waals surface area contributed by atoms with E-state index in [1.165, 1.54) is 0 Å². The summed E-state index contributed by atoms with van der Waals surface area (Å²) in [5.74, 6) is -0.241. The number of hydrogen-bond donors (Lipinski definition) is 2. The number of likely N-dealkylation sites (N-methyl/N-ethyl adjacent to an activating group) is 1. The molecule has 0 aliphatic heterocycles. The second-order valence-electron chi connectivity index (χ2n) is 4.72. The zero-order chi connectivity index (χ0) is 14.1. The highest BCUT2D eigenvalue weighted by atomic mass is 16.4. The van der Waals surface area contributed by atoms with E-state index in [-0.39, 0.29) is 11.8 Å². The minimum atomic E-state index is -1.16. The molecule has 0 spiro atoms. The van der Waals surface area contributed by atoms with E-state index < -0.39 is 12.1 Å². The quantitative estimate of drug-likeness (QED) is 0.516. The number of allylic oxidation sites excluding steroid dienone is 1. The molecule has 0 unspecified atom stereocenters. The van der Waals surface area contributed by atoms with Gasteiger partial charge in [-0.1, -0.05) is 19.9 Å². The van der Waals surface area contributed by atoms with Gasteiger partial charge in [-0.25, -0.2) is 4.79 Å². The molecule has 0 heterocycles. The molecule has 0 aromatic carbocycles. The Morgan fingerprint density at radius 2 is 2.00 bits per heavy atom. The summed E-state index contributed by atoms with van der Waals surface area (Å²) in [6.07, 6.45) is 3.50. The number of carbonyl (C=O) groups excluding carboxylic acids is 1. The fraction of sp³-hybridized carbons (Fsp3) is 0.692. The van der Waals surface area contributed by atoms with E-state index in [1.54, 1.807) is 11.9 Å². The van der Waals surface area contributed by atoms with Crippen LogP contribution in [0.1, 0.15) is 33.1 Å². The number of amides is 2. The molecular weight excluding hydrogens is 232 g/mol. The van der Waals surface area contributed by atoms with Crippen molar-refractivity contribution < 1.29 is 14.7 Å². The molecule has 0 aliphatic carbocycles. The van der Waals surface area contributed by atoms with E-state index in [9.17, 15) is 9.59 Å². The lowest BCUT2D eigenvalue weighted by molar-refractivity contribution is -0.133. The van der Waals surface area contributed by atoms with Crippen LogP contribution in [-0.2, 0) is 4.79 Å². The van der Waals surface area contributed by atoms with Crippen LogP contribution < -0.4 is 5.32 Å². The van der Waals surface area contributed by atoms with Gasteiger partial charge in [0.2, 0.25) is 5.91 Å². The summed E-state index contributed by atoms with van der Waals surface area (Å²) >= 11 is 0. The van der Waals surface area contributed by atoms with E-state index in [0.717, 1.165) is 19.3 Å². The van der Waals surface area contributed by atoms with Crippen LogP contribution in [0.3, 0.4) is 0 Å². The molecule has 18 heavy (non-hydrogen) atoms. The summed E-state index contributed by atoms with van der Waals surface area (Å²) in [6.45, 7) is 7.92. The van der Waals surface area contributed by atoms with Crippen LogP contribution in [0.25, 0.3) is 0 Å². The van der Waals surface area contributed by atoms with Crippen molar-refractivity contribution in [2.24, 2.45) is 5.92 Å². The van der Waals surface area contributed by atoms with Crippen molar-refractivity contribution in [1.82, 2.24) is 10.2 Å². The van der Waals surface area contributed by atoms with Crippen molar-refractivity contribution in [2.75, 3.05) is 13.6 Å². The van der Waals surface area contributed by atoms with E-state index in [1.807, 2.05) is 19.9 Å². The van der Waals surface area contributed by atoms with E-state index in [2.05, 4.69) is 11.9 Å². The lowest BCUT2D eigenvalue weighted by Gasteiger charge is -2.26. The van der Waals surface area contributed by atoms with Crippen molar-refractivity contribution in [3.8, 4) is 0 Å². The van der Waals surface area contributed by atoms with Gasteiger partial charge in [0.1, 0.15) is 6.04 Å². The summed E-state index contributed by atoms with van der Waals surface area (Å²) in [4.78, 5) is 24.3. The van der Waals surface area contributed by atoms with Crippen LogP contribution >= 0.6 is 0 Å². The van der Waals surface area contributed by atoms with Gasteiger partial charge in [-0.2, -0.15) is 0 Å². The fourth-order valence-electron chi connectivity index (χ4n) is 1.63. The average molecular weight is 256 g/mol. The summed E-state index contributed by atoms with van der Waals surface area (Å²) in [7, 11) is 1.70. The first-order valence-corrected chi connectivity index (χ1v) is 6.25.